The van der Waals surface area contributed by atoms with Gasteiger partial charge in [-0.3, -0.25) is 13.7 Å². The average Bonchev–Trinajstić information content (AvgIpc) is 3.36. The molecule has 5 aromatic carbocycles. The number of rotatable bonds is 23. The standard InChI is InChI=1S/C44H44Br2N8O13S3.2O3S/c1-3-15-66-39-23-36(53-51-31-9-5-28(26-55)6-10-31)34(45)18-29(39)20-42-48-43(50-44(49-42)47-25-27-7-12-33(13-8-27)69(59,60)61)21-30-19-35(46)37(24-40(30)67-16-4-17-68(56,57)58)54-52-32-11-14-38(65-2)41(22-32)70(62,63)64;2*1-4(2)3/h5-14,18-19,22-24,55H,3-4,15-17,20-21,25-26H2,1-2H3,(H,56,57,58)(H,59,60,61)(H,62,63,64)(H,47,48,49,50);;. The van der Waals surface area contributed by atoms with E-state index in [1.165, 1.54) is 49.6 Å². The van der Waals surface area contributed by atoms with Crippen LogP contribution in [0.4, 0.5) is 28.7 Å². The molecule has 0 aliphatic carbocycles. The first-order valence-corrected chi connectivity index (χ1v) is 29.9. The summed E-state index contributed by atoms with van der Waals surface area (Å²) in [7, 11) is -18.4. The first kappa shape index (κ1) is 63.9. The van der Waals surface area contributed by atoms with Crippen molar-refractivity contribution in [1.82, 2.24) is 15.0 Å². The van der Waals surface area contributed by atoms with Crippen LogP contribution in [0.2, 0.25) is 0 Å². The summed E-state index contributed by atoms with van der Waals surface area (Å²) in [5, 5.41) is 29.7. The molecule has 0 saturated heterocycles. The molecule has 78 heavy (non-hydrogen) atoms. The van der Waals surface area contributed by atoms with Gasteiger partial charge < -0.3 is 24.6 Å². The number of anilines is 1. The van der Waals surface area contributed by atoms with Crippen LogP contribution < -0.4 is 19.5 Å². The van der Waals surface area contributed by atoms with Gasteiger partial charge in [-0.2, -0.15) is 45.4 Å². The zero-order chi connectivity index (χ0) is 57.8. The van der Waals surface area contributed by atoms with Gasteiger partial charge in [-0.25, -0.2) is 4.98 Å². The normalized spacial score (nSPS) is 11.5. The summed E-state index contributed by atoms with van der Waals surface area (Å²) in [5.74, 6) is 0.667. The summed E-state index contributed by atoms with van der Waals surface area (Å²) in [4.78, 5) is 13.4. The molecular formula is C44H44Br2N8O19S5. The smallest absolute Gasteiger partial charge is 0.425 e. The van der Waals surface area contributed by atoms with E-state index in [1.807, 2.05) is 13.0 Å². The second-order valence-corrected chi connectivity index (χ2v) is 22.3. The molecule has 0 unspecified atom stereocenters. The van der Waals surface area contributed by atoms with Gasteiger partial charge in [-0.1, -0.05) is 31.2 Å². The number of halogens is 2. The Morgan fingerprint density at radius 1 is 0.603 bits per heavy atom. The van der Waals surface area contributed by atoms with Crippen molar-refractivity contribution in [2.24, 2.45) is 20.5 Å². The Labute approximate surface area is 465 Å². The van der Waals surface area contributed by atoms with Crippen LogP contribution in [0.25, 0.3) is 0 Å². The maximum Gasteiger partial charge on any atom is 0.425 e. The second-order valence-electron chi connectivity index (χ2n) is 15.4. The molecule has 5 N–H and O–H groups in total. The van der Waals surface area contributed by atoms with Gasteiger partial charge in [0.2, 0.25) is 5.95 Å². The Hall–Kier alpha value is -6.60. The second kappa shape index (κ2) is 30.0. The molecule has 0 radical (unpaired) electrons. The molecule has 0 fully saturated rings. The minimum atomic E-state index is -4.68. The molecule has 1 aromatic heterocycles. The summed E-state index contributed by atoms with van der Waals surface area (Å²) >= 11 is 7.14. The largest absolute Gasteiger partial charge is 0.495 e. The van der Waals surface area contributed by atoms with Gasteiger partial charge in [0.05, 0.1) is 49.0 Å². The summed E-state index contributed by atoms with van der Waals surface area (Å²) < 4.78 is 168. The molecule has 27 nitrogen and oxygen atoms in total. The minimum Gasteiger partial charge on any atom is -0.495 e. The lowest BCUT2D eigenvalue weighted by atomic mass is 10.1. The Morgan fingerprint density at radius 3 is 1.55 bits per heavy atom. The Morgan fingerprint density at radius 2 is 1.09 bits per heavy atom. The molecule has 418 valence electrons. The van der Waals surface area contributed by atoms with Crippen molar-refractivity contribution < 1.29 is 83.5 Å². The number of hydrogen-bond donors (Lipinski definition) is 5. The van der Waals surface area contributed by atoms with E-state index in [0.29, 0.717) is 61.6 Å². The number of aromatic nitrogens is 3. The van der Waals surface area contributed by atoms with E-state index in [1.54, 1.807) is 36.4 Å². The SMILES string of the molecule is CCCOc1cc(N=Nc2ccc(CO)cc2)c(Br)cc1Cc1nc(Cc2cc(Br)c(N=Nc3ccc(OC)c(S(=O)(=O)O)c3)cc2OCCCS(=O)(=O)O)nc(NCc2ccc(S(=O)(=O)O)cc2)n1.O=S(=O)=O.O=S(=O)=O. The third-order valence-corrected chi connectivity index (χ3v) is 13.5. The zero-order valence-electron chi connectivity index (χ0n) is 40.4. The first-order chi connectivity index (χ1) is 36.7. The quantitative estimate of drug-likeness (QED) is 0.0236. The number of aliphatic hydroxyl groups is 1. The van der Waals surface area contributed by atoms with Crippen molar-refractivity contribution >= 4 is 112 Å². The third kappa shape index (κ3) is 22.0. The van der Waals surface area contributed by atoms with Crippen LogP contribution >= 0.6 is 31.9 Å². The Balaban J connectivity index is 0.00000153. The highest BCUT2D eigenvalue weighted by Gasteiger charge is 2.20. The summed E-state index contributed by atoms with van der Waals surface area (Å²) in [5.41, 5.74) is 3.81. The fourth-order valence-electron chi connectivity index (χ4n) is 6.33. The van der Waals surface area contributed by atoms with Crippen molar-refractivity contribution in [3.63, 3.8) is 0 Å². The first-order valence-electron chi connectivity index (χ1n) is 21.8. The van der Waals surface area contributed by atoms with Crippen LogP contribution in [0.1, 0.15) is 53.7 Å². The predicted molar refractivity (Wildman–Crippen MR) is 283 cm³/mol. The molecule has 0 spiro atoms. The van der Waals surface area contributed by atoms with Gasteiger partial charge in [0.1, 0.15) is 45.2 Å². The van der Waals surface area contributed by atoms with Crippen LogP contribution in [0.5, 0.6) is 17.2 Å². The molecular weight excluding hydrogens is 1260 g/mol. The van der Waals surface area contributed by atoms with Crippen molar-refractivity contribution in [1.29, 1.82) is 0 Å². The number of nitrogens with zero attached hydrogens (tertiary/aromatic N) is 7. The minimum absolute atomic E-state index is 0.00535. The van der Waals surface area contributed by atoms with E-state index in [9.17, 15) is 44.0 Å². The number of benzene rings is 5. The van der Waals surface area contributed by atoms with Gasteiger partial charge in [0.15, 0.2) is 0 Å². The number of methoxy groups -OCH3 is 1. The van der Waals surface area contributed by atoms with E-state index in [0.717, 1.165) is 11.6 Å². The summed E-state index contributed by atoms with van der Waals surface area (Å²) in [6.07, 6.45) is 0.734. The van der Waals surface area contributed by atoms with Crippen LogP contribution in [0, 0.1) is 0 Å². The highest BCUT2D eigenvalue weighted by atomic mass is 79.9. The van der Waals surface area contributed by atoms with Gasteiger partial charge in [-0.05, 0) is 110 Å². The van der Waals surface area contributed by atoms with Crippen LogP contribution in [-0.4, -0.2) is 110 Å². The monoisotopic (exact) mass is 1310 g/mol. The molecule has 6 aromatic rings. The number of hydrogen-bond acceptors (Lipinski definition) is 24. The highest BCUT2D eigenvalue weighted by Crippen LogP contribution is 2.38. The highest BCUT2D eigenvalue weighted by molar-refractivity contribution is 9.11. The van der Waals surface area contributed by atoms with Gasteiger partial charge in [0, 0.05) is 51.6 Å². The molecule has 6 rings (SSSR count). The van der Waals surface area contributed by atoms with E-state index in [-0.39, 0.29) is 78.6 Å². The van der Waals surface area contributed by atoms with Gasteiger partial charge in [0.25, 0.3) is 30.4 Å². The van der Waals surface area contributed by atoms with Crippen molar-refractivity contribution in [2.45, 2.75) is 55.5 Å². The molecule has 0 aliphatic rings. The number of azo groups is 2. The Bertz CT molecular complexity index is 3700. The lowest BCUT2D eigenvalue weighted by Gasteiger charge is -2.15. The Kier molecular flexibility index (Phi) is 24.5. The van der Waals surface area contributed by atoms with Crippen molar-refractivity contribution in [2.75, 3.05) is 31.4 Å². The third-order valence-electron chi connectivity index (χ3n) is 9.71. The molecule has 1 heterocycles. The molecule has 0 atom stereocenters. The molecule has 0 aliphatic heterocycles. The van der Waals surface area contributed by atoms with Crippen LogP contribution in [-0.2, 0) is 77.6 Å². The lowest BCUT2D eigenvalue weighted by Crippen LogP contribution is -2.12. The van der Waals surface area contributed by atoms with Crippen molar-refractivity contribution in [3.05, 3.63) is 134 Å². The summed E-state index contributed by atoms with van der Waals surface area (Å²) in [6.45, 7) is 2.20. The summed E-state index contributed by atoms with van der Waals surface area (Å²) in [6, 6.07) is 23.0. The molecule has 0 saturated carbocycles. The zero-order valence-corrected chi connectivity index (χ0v) is 47.6. The van der Waals surface area contributed by atoms with Gasteiger partial charge >= 0.3 is 21.2 Å². The van der Waals surface area contributed by atoms with E-state index >= 15 is 0 Å². The topological polar surface area (TPSA) is 414 Å². The van der Waals surface area contributed by atoms with E-state index in [2.05, 4.69) is 57.6 Å². The molecule has 0 bridgehead atoms. The number of ether oxygens (including phenoxy) is 3. The van der Waals surface area contributed by atoms with E-state index < -0.39 is 62.2 Å². The van der Waals surface area contributed by atoms with Crippen LogP contribution in [0.3, 0.4) is 0 Å². The maximum atomic E-state index is 12.0. The maximum absolute atomic E-state index is 12.0. The number of aliphatic hydroxyl groups excluding tert-OH is 1. The lowest BCUT2D eigenvalue weighted by molar-refractivity contribution is 0.282. The molecule has 34 heteroatoms. The van der Waals surface area contributed by atoms with Crippen LogP contribution in [0.15, 0.2) is 130 Å². The van der Waals surface area contributed by atoms with E-state index in [4.69, 9.17) is 54.4 Å². The number of nitrogens with one attached hydrogen (secondary N) is 1. The van der Waals surface area contributed by atoms with Gasteiger partial charge in [-0.15, -0.1) is 35.5 Å². The van der Waals surface area contributed by atoms with Crippen molar-refractivity contribution in [3.8, 4) is 17.2 Å². The predicted octanol–water partition coefficient (Wildman–Crippen LogP) is 7.45. The fourth-order valence-corrected chi connectivity index (χ4v) is 8.91. The molecule has 0 amide bonds. The fraction of sp³-hybridized carbons (Fsp3) is 0.250. The average molecular weight is 1310 g/mol.